The van der Waals surface area contributed by atoms with Gasteiger partial charge in [0.2, 0.25) is 0 Å². The Labute approximate surface area is 328 Å². The largest absolute Gasteiger partial charge is 0.454 e. The molecule has 4 heteroatoms. The zero-order valence-electron chi connectivity index (χ0n) is 30.8. The van der Waals surface area contributed by atoms with Gasteiger partial charge in [-0.25, -0.2) is 4.98 Å². The highest BCUT2D eigenvalue weighted by Gasteiger charge is 2.27. The molecule has 0 bridgehead atoms. The smallest absolute Gasteiger partial charge is 0.160 e. The van der Waals surface area contributed by atoms with Crippen LogP contribution in [-0.2, 0) is 0 Å². The summed E-state index contributed by atoms with van der Waals surface area (Å²) in [4.78, 5) is 5.13. The second kappa shape index (κ2) is 12.4. The lowest BCUT2D eigenvalue weighted by molar-refractivity contribution is 0.671. The quantitative estimate of drug-likeness (QED) is 0.177. The van der Waals surface area contributed by atoms with Gasteiger partial charge in [-0.05, 0) is 65.7 Å². The molecule has 8 aromatic carbocycles. The van der Waals surface area contributed by atoms with Gasteiger partial charge in [0.05, 0.1) is 33.5 Å². The Morgan fingerprint density at radius 2 is 0.842 bits per heavy atom. The van der Waals surface area contributed by atoms with Crippen molar-refractivity contribution in [3.8, 4) is 45.0 Å². The third-order valence-electron chi connectivity index (χ3n) is 11.5. The third-order valence-corrected chi connectivity index (χ3v) is 11.5. The number of para-hydroxylation sites is 4. The number of fused-ring (bicyclic) bond motifs is 12. The number of nitrogens with zero attached hydrogens (tertiary/aromatic N) is 3. The third kappa shape index (κ3) is 4.77. The van der Waals surface area contributed by atoms with E-state index < -0.39 is 0 Å². The molecule has 12 aromatic rings. The molecule has 0 saturated carbocycles. The molecular formula is C53H33N3O. The standard InChI is InChI=1S/C53H33N3O/c1-4-16-35(17-5-1)43-32-37(33-44(54-43)36-18-6-2-7-19-36)34-28-30-39(31-29-34)55-45-25-13-10-22-40(45)48-49-42-24-12-15-27-47(42)57-53(49)52-50(51(48)55)41-23-11-14-26-46(41)56(52)38-20-8-3-9-21-38/h1-33H. The SMILES string of the molecule is c1ccc(-c2cc(-c3ccc(-n4c5ccccc5c5c6c7ccccc7oc6c6c(c7ccccc7n6-c6ccccc6)c54)cc3)cc(-c3ccccc3)n2)cc1. The molecule has 0 N–H and O–H groups in total. The molecule has 12 rings (SSSR count). The number of hydrogen-bond acceptors (Lipinski definition) is 2. The van der Waals surface area contributed by atoms with Gasteiger partial charge >= 0.3 is 0 Å². The van der Waals surface area contributed by atoms with Gasteiger partial charge < -0.3 is 13.6 Å². The van der Waals surface area contributed by atoms with Crippen molar-refractivity contribution in [1.82, 2.24) is 14.1 Å². The maximum Gasteiger partial charge on any atom is 0.160 e. The highest BCUT2D eigenvalue weighted by molar-refractivity contribution is 6.39. The number of rotatable bonds is 5. The molecule has 0 unspecified atom stereocenters. The predicted octanol–water partition coefficient (Wildman–Crippen LogP) is 14.2. The van der Waals surface area contributed by atoms with Gasteiger partial charge in [0.15, 0.2) is 5.58 Å². The number of hydrogen-bond donors (Lipinski definition) is 0. The van der Waals surface area contributed by atoms with Crippen LogP contribution in [0.3, 0.4) is 0 Å². The highest BCUT2D eigenvalue weighted by atomic mass is 16.3. The molecule has 4 aromatic heterocycles. The first-order chi connectivity index (χ1) is 28.3. The number of benzene rings is 8. The Hall–Kier alpha value is -7.69. The van der Waals surface area contributed by atoms with E-state index in [1.807, 2.05) is 12.1 Å². The van der Waals surface area contributed by atoms with E-state index in [2.05, 4.69) is 197 Å². The molecule has 0 saturated heterocycles. The maximum absolute atomic E-state index is 6.94. The van der Waals surface area contributed by atoms with Gasteiger partial charge in [-0.1, -0.05) is 146 Å². The summed E-state index contributed by atoms with van der Waals surface area (Å²) in [6.45, 7) is 0. The van der Waals surface area contributed by atoms with Crippen LogP contribution in [0.25, 0.3) is 111 Å². The van der Waals surface area contributed by atoms with E-state index in [1.165, 1.54) is 27.1 Å². The zero-order chi connectivity index (χ0) is 37.5. The molecule has 0 amide bonds. The van der Waals surface area contributed by atoms with Gasteiger partial charge in [0, 0.05) is 54.8 Å². The Bertz CT molecular complexity index is 3430. The van der Waals surface area contributed by atoms with E-state index in [9.17, 15) is 0 Å². The van der Waals surface area contributed by atoms with E-state index >= 15 is 0 Å². The van der Waals surface area contributed by atoms with Gasteiger partial charge in [-0.3, -0.25) is 0 Å². The van der Waals surface area contributed by atoms with Crippen LogP contribution in [0.2, 0.25) is 0 Å². The van der Waals surface area contributed by atoms with Gasteiger partial charge in [0.1, 0.15) is 5.58 Å². The first-order valence-electron chi connectivity index (χ1n) is 19.4. The van der Waals surface area contributed by atoms with Crippen molar-refractivity contribution in [2.45, 2.75) is 0 Å². The molecule has 57 heavy (non-hydrogen) atoms. The summed E-state index contributed by atoms with van der Waals surface area (Å²) in [5, 5.41) is 7.00. The molecule has 4 nitrogen and oxygen atoms in total. The average molecular weight is 728 g/mol. The molecule has 0 spiro atoms. The monoisotopic (exact) mass is 727 g/mol. The van der Waals surface area contributed by atoms with Crippen LogP contribution in [0.15, 0.2) is 205 Å². The van der Waals surface area contributed by atoms with Crippen LogP contribution in [0.4, 0.5) is 0 Å². The first-order valence-corrected chi connectivity index (χ1v) is 19.4. The predicted molar refractivity (Wildman–Crippen MR) is 237 cm³/mol. The van der Waals surface area contributed by atoms with E-state index in [-0.39, 0.29) is 0 Å². The van der Waals surface area contributed by atoms with Gasteiger partial charge in [-0.15, -0.1) is 0 Å². The van der Waals surface area contributed by atoms with Crippen molar-refractivity contribution in [2.24, 2.45) is 0 Å². The number of furan rings is 1. The molecular weight excluding hydrogens is 695 g/mol. The lowest BCUT2D eigenvalue weighted by Crippen LogP contribution is -1.96. The van der Waals surface area contributed by atoms with Crippen molar-refractivity contribution in [2.75, 3.05) is 0 Å². The van der Waals surface area contributed by atoms with Crippen molar-refractivity contribution < 1.29 is 4.42 Å². The second-order valence-corrected chi connectivity index (χ2v) is 14.7. The summed E-state index contributed by atoms with van der Waals surface area (Å²) in [6, 6.07) is 71.1. The summed E-state index contributed by atoms with van der Waals surface area (Å²) in [7, 11) is 0. The Kier molecular flexibility index (Phi) is 6.89. The fourth-order valence-corrected chi connectivity index (χ4v) is 9.01. The van der Waals surface area contributed by atoms with Crippen LogP contribution in [0, 0.1) is 0 Å². The number of aromatic nitrogens is 3. The fraction of sp³-hybridized carbons (Fsp3) is 0. The van der Waals surface area contributed by atoms with E-state index in [1.54, 1.807) is 0 Å². The molecule has 0 aliphatic carbocycles. The van der Waals surface area contributed by atoms with Crippen LogP contribution < -0.4 is 0 Å². The second-order valence-electron chi connectivity index (χ2n) is 14.7. The van der Waals surface area contributed by atoms with Crippen LogP contribution in [0.5, 0.6) is 0 Å². The summed E-state index contributed by atoms with van der Waals surface area (Å²) in [5.41, 5.74) is 14.8. The molecule has 0 aliphatic heterocycles. The van der Waals surface area contributed by atoms with Gasteiger partial charge in [-0.2, -0.15) is 0 Å². The van der Waals surface area contributed by atoms with Crippen molar-refractivity contribution >= 4 is 65.6 Å². The van der Waals surface area contributed by atoms with Gasteiger partial charge in [0.25, 0.3) is 0 Å². The Morgan fingerprint density at radius 1 is 0.351 bits per heavy atom. The minimum absolute atomic E-state index is 0.884. The average Bonchev–Trinajstić information content (AvgIpc) is 3.95. The summed E-state index contributed by atoms with van der Waals surface area (Å²) in [6.07, 6.45) is 0. The Balaban J connectivity index is 1.17. The molecule has 0 atom stereocenters. The zero-order valence-corrected chi connectivity index (χ0v) is 30.8. The molecule has 4 heterocycles. The molecule has 0 radical (unpaired) electrons. The fourth-order valence-electron chi connectivity index (χ4n) is 9.01. The van der Waals surface area contributed by atoms with Crippen molar-refractivity contribution in [1.29, 1.82) is 0 Å². The maximum atomic E-state index is 6.94. The summed E-state index contributed by atoms with van der Waals surface area (Å²) < 4.78 is 11.8. The van der Waals surface area contributed by atoms with E-state index in [4.69, 9.17) is 9.40 Å². The first kappa shape index (κ1) is 31.6. The normalized spacial score (nSPS) is 11.9. The molecule has 266 valence electrons. The lowest BCUT2D eigenvalue weighted by atomic mass is 9.99. The van der Waals surface area contributed by atoms with Crippen molar-refractivity contribution in [3.63, 3.8) is 0 Å². The van der Waals surface area contributed by atoms with Crippen LogP contribution in [-0.4, -0.2) is 14.1 Å². The van der Waals surface area contributed by atoms with Crippen LogP contribution >= 0.6 is 0 Å². The van der Waals surface area contributed by atoms with Crippen molar-refractivity contribution in [3.05, 3.63) is 200 Å². The minimum atomic E-state index is 0.884. The number of pyridine rings is 1. The molecule has 0 fully saturated rings. The van der Waals surface area contributed by atoms with Crippen LogP contribution in [0.1, 0.15) is 0 Å². The minimum Gasteiger partial charge on any atom is -0.454 e. The Morgan fingerprint density at radius 3 is 1.47 bits per heavy atom. The van der Waals surface area contributed by atoms with E-state index in [0.717, 1.165) is 83.5 Å². The topological polar surface area (TPSA) is 35.9 Å². The van der Waals surface area contributed by atoms with E-state index in [0.29, 0.717) is 0 Å². The lowest BCUT2D eigenvalue weighted by Gasteiger charge is -2.13. The summed E-state index contributed by atoms with van der Waals surface area (Å²) >= 11 is 0. The summed E-state index contributed by atoms with van der Waals surface area (Å²) in [5.74, 6) is 0. The molecule has 0 aliphatic rings. The highest BCUT2D eigenvalue weighted by Crippen LogP contribution is 2.49.